The molecule has 3 N–H and O–H groups in total. The second-order valence-corrected chi connectivity index (χ2v) is 3.51. The second kappa shape index (κ2) is 3.92. The molecule has 1 aliphatic heterocycles. The van der Waals surface area contributed by atoms with Gasteiger partial charge in [0.25, 0.3) is 0 Å². The number of allylic oxidation sites excluding steroid dienone is 1. The summed E-state index contributed by atoms with van der Waals surface area (Å²) in [6.45, 7) is 0. The third-order valence-electron chi connectivity index (χ3n) is 2.10. The first kappa shape index (κ1) is 10.0. The van der Waals surface area contributed by atoms with E-state index in [2.05, 4.69) is 5.10 Å². The number of aliphatic hydroxyl groups is 1. The van der Waals surface area contributed by atoms with Crippen LogP contribution in [-0.2, 0) is 0 Å². The Balaban J connectivity index is 2.32. The van der Waals surface area contributed by atoms with Crippen molar-refractivity contribution in [2.75, 3.05) is 5.01 Å². The van der Waals surface area contributed by atoms with Crippen LogP contribution in [0.2, 0.25) is 0 Å². The Morgan fingerprint density at radius 2 is 2.00 bits per heavy atom. The van der Waals surface area contributed by atoms with Gasteiger partial charge in [-0.15, -0.1) is 0 Å². The lowest BCUT2D eigenvalue weighted by molar-refractivity contribution is 0.202. The van der Waals surface area contributed by atoms with Crippen molar-refractivity contribution in [3.05, 3.63) is 41.1 Å². The van der Waals surface area contributed by atoms with E-state index in [4.69, 9.17) is 17.3 Å². The summed E-state index contributed by atoms with van der Waals surface area (Å²) in [4.78, 5) is 0. The van der Waals surface area contributed by atoms with E-state index in [-0.39, 0.29) is 10.7 Å². The molecule has 78 valence electrons. The Bertz CT molecular complexity index is 416. The van der Waals surface area contributed by atoms with Gasteiger partial charge in [0.1, 0.15) is 0 Å². The topological polar surface area (TPSA) is 61.8 Å². The molecule has 15 heavy (non-hydrogen) atoms. The largest absolute Gasteiger partial charge is 0.397 e. The molecule has 1 heterocycles. The van der Waals surface area contributed by atoms with Gasteiger partial charge in [0.2, 0.25) is 0 Å². The zero-order valence-electron chi connectivity index (χ0n) is 7.84. The SMILES string of the molecule is NC1=C(Cl)C=NN(c2ccccc2)C1O. The fraction of sp³-hybridized carbons (Fsp3) is 0.100. The van der Waals surface area contributed by atoms with Gasteiger partial charge in [-0.05, 0) is 12.1 Å². The van der Waals surface area contributed by atoms with Gasteiger partial charge in [-0.1, -0.05) is 29.8 Å². The summed E-state index contributed by atoms with van der Waals surface area (Å²) >= 11 is 5.73. The van der Waals surface area contributed by atoms with Crippen LogP contribution < -0.4 is 10.7 Å². The number of halogens is 1. The number of nitrogens with zero attached hydrogens (tertiary/aromatic N) is 2. The van der Waals surface area contributed by atoms with Crippen LogP contribution in [0.1, 0.15) is 0 Å². The lowest BCUT2D eigenvalue weighted by Gasteiger charge is -2.28. The van der Waals surface area contributed by atoms with Crippen molar-refractivity contribution in [1.29, 1.82) is 0 Å². The second-order valence-electron chi connectivity index (χ2n) is 3.10. The number of hydrogen-bond acceptors (Lipinski definition) is 4. The van der Waals surface area contributed by atoms with Gasteiger partial charge in [-0.25, -0.2) is 5.01 Å². The average molecular weight is 224 g/mol. The van der Waals surface area contributed by atoms with Crippen molar-refractivity contribution in [2.45, 2.75) is 6.23 Å². The Morgan fingerprint density at radius 3 is 2.67 bits per heavy atom. The minimum absolute atomic E-state index is 0.204. The molecular formula is C10H10ClN3O. The van der Waals surface area contributed by atoms with Crippen LogP contribution in [0.5, 0.6) is 0 Å². The quantitative estimate of drug-likeness (QED) is 0.753. The van der Waals surface area contributed by atoms with E-state index >= 15 is 0 Å². The molecule has 5 heteroatoms. The Labute approximate surface area is 92.3 Å². The molecule has 1 aromatic carbocycles. The van der Waals surface area contributed by atoms with E-state index in [0.717, 1.165) is 5.69 Å². The third-order valence-corrected chi connectivity index (χ3v) is 2.42. The number of aliphatic hydroxyl groups excluding tert-OH is 1. The highest BCUT2D eigenvalue weighted by Gasteiger charge is 2.23. The van der Waals surface area contributed by atoms with Crippen molar-refractivity contribution in [3.63, 3.8) is 0 Å². The minimum atomic E-state index is -1.01. The molecule has 0 amide bonds. The lowest BCUT2D eigenvalue weighted by Crippen LogP contribution is -2.38. The predicted molar refractivity (Wildman–Crippen MR) is 60.5 cm³/mol. The van der Waals surface area contributed by atoms with Gasteiger partial charge in [-0.3, -0.25) is 0 Å². The number of hydrogen-bond donors (Lipinski definition) is 2. The van der Waals surface area contributed by atoms with Crippen molar-refractivity contribution in [1.82, 2.24) is 0 Å². The van der Waals surface area contributed by atoms with E-state index < -0.39 is 6.23 Å². The van der Waals surface area contributed by atoms with Gasteiger partial charge in [0.15, 0.2) is 6.23 Å². The van der Waals surface area contributed by atoms with Gasteiger partial charge in [-0.2, -0.15) is 5.10 Å². The van der Waals surface area contributed by atoms with Crippen LogP contribution in [0, 0.1) is 0 Å². The number of rotatable bonds is 1. The highest BCUT2D eigenvalue weighted by atomic mass is 35.5. The van der Waals surface area contributed by atoms with E-state index in [1.165, 1.54) is 11.2 Å². The van der Waals surface area contributed by atoms with Crippen molar-refractivity contribution < 1.29 is 5.11 Å². The molecule has 0 saturated carbocycles. The summed E-state index contributed by atoms with van der Waals surface area (Å²) in [6, 6.07) is 9.25. The zero-order chi connectivity index (χ0) is 10.8. The maximum Gasteiger partial charge on any atom is 0.189 e. The summed E-state index contributed by atoms with van der Waals surface area (Å²) in [5, 5.41) is 15.5. The van der Waals surface area contributed by atoms with Gasteiger partial charge in [0, 0.05) is 0 Å². The Kier molecular flexibility index (Phi) is 2.62. The first-order valence-corrected chi connectivity index (χ1v) is 4.79. The fourth-order valence-electron chi connectivity index (χ4n) is 1.29. The van der Waals surface area contributed by atoms with Gasteiger partial charge < -0.3 is 10.8 Å². The molecule has 2 rings (SSSR count). The summed E-state index contributed by atoms with van der Waals surface area (Å²) in [6.07, 6.45) is 0.404. The maximum absolute atomic E-state index is 9.81. The first-order chi connectivity index (χ1) is 7.20. The highest BCUT2D eigenvalue weighted by Crippen LogP contribution is 2.23. The molecule has 4 nitrogen and oxygen atoms in total. The van der Waals surface area contributed by atoms with Crippen LogP contribution in [0.3, 0.4) is 0 Å². The molecule has 1 unspecified atom stereocenters. The third kappa shape index (κ3) is 1.82. The molecule has 1 atom stereocenters. The predicted octanol–water partition coefficient (Wildman–Crippen LogP) is 1.22. The molecule has 1 aromatic rings. The smallest absolute Gasteiger partial charge is 0.189 e. The number of hydrazone groups is 1. The van der Waals surface area contributed by atoms with E-state index in [1.54, 1.807) is 0 Å². The van der Waals surface area contributed by atoms with E-state index in [0.29, 0.717) is 0 Å². The maximum atomic E-state index is 9.81. The molecule has 1 aliphatic rings. The normalized spacial score (nSPS) is 20.9. The summed E-state index contributed by atoms with van der Waals surface area (Å²) in [5.74, 6) is 0. The number of benzene rings is 1. The molecule has 0 spiro atoms. The van der Waals surface area contributed by atoms with Crippen LogP contribution in [0.25, 0.3) is 0 Å². The van der Waals surface area contributed by atoms with Crippen molar-refractivity contribution in [3.8, 4) is 0 Å². The van der Waals surface area contributed by atoms with Crippen molar-refractivity contribution >= 4 is 23.5 Å². The molecular weight excluding hydrogens is 214 g/mol. The zero-order valence-corrected chi connectivity index (χ0v) is 8.59. The molecule has 0 saturated heterocycles. The van der Waals surface area contributed by atoms with Crippen LogP contribution >= 0.6 is 11.6 Å². The summed E-state index contributed by atoms with van der Waals surface area (Å²) in [5.41, 5.74) is 6.58. The molecule has 0 aliphatic carbocycles. The Morgan fingerprint density at radius 1 is 1.33 bits per heavy atom. The highest BCUT2D eigenvalue weighted by molar-refractivity contribution is 6.39. The van der Waals surface area contributed by atoms with Gasteiger partial charge >= 0.3 is 0 Å². The molecule has 0 fully saturated rings. The van der Waals surface area contributed by atoms with E-state index in [1.807, 2.05) is 30.3 Å². The number of anilines is 1. The Hall–Kier alpha value is -1.52. The lowest BCUT2D eigenvalue weighted by atomic mass is 10.2. The van der Waals surface area contributed by atoms with Crippen LogP contribution in [0.15, 0.2) is 46.2 Å². The summed E-state index contributed by atoms with van der Waals surface area (Å²) < 4.78 is 0. The molecule has 0 bridgehead atoms. The van der Waals surface area contributed by atoms with Crippen LogP contribution in [-0.4, -0.2) is 17.5 Å². The average Bonchev–Trinajstić information content (AvgIpc) is 2.27. The number of nitrogens with two attached hydrogens (primary N) is 1. The molecule has 0 radical (unpaired) electrons. The van der Waals surface area contributed by atoms with E-state index in [9.17, 15) is 5.11 Å². The standard InChI is InChI=1S/C10H10ClN3O/c11-8-6-13-14(10(15)9(8)12)7-4-2-1-3-5-7/h1-6,10,15H,12H2. The summed E-state index contributed by atoms with van der Waals surface area (Å²) in [7, 11) is 0. The molecule has 0 aromatic heterocycles. The van der Waals surface area contributed by atoms with Crippen molar-refractivity contribution in [2.24, 2.45) is 10.8 Å². The fourth-order valence-corrected chi connectivity index (χ4v) is 1.44. The van der Waals surface area contributed by atoms with Crippen LogP contribution in [0.4, 0.5) is 5.69 Å². The van der Waals surface area contributed by atoms with Gasteiger partial charge in [0.05, 0.1) is 22.6 Å². The number of para-hydroxylation sites is 1. The monoisotopic (exact) mass is 223 g/mol. The minimum Gasteiger partial charge on any atom is -0.397 e. The first-order valence-electron chi connectivity index (χ1n) is 4.41.